The molecule has 3 aromatic carbocycles. The Balaban J connectivity index is 1.73. The van der Waals surface area contributed by atoms with Crippen molar-refractivity contribution in [3.63, 3.8) is 0 Å². The summed E-state index contributed by atoms with van der Waals surface area (Å²) in [5.41, 5.74) is 0.856. The minimum absolute atomic E-state index is 0.0638. The number of nitrogens with one attached hydrogen (secondary N) is 1. The number of hydrogen-bond acceptors (Lipinski definition) is 4. The van der Waals surface area contributed by atoms with Gasteiger partial charge in [-0.3, -0.25) is 14.3 Å². The van der Waals surface area contributed by atoms with Gasteiger partial charge < -0.3 is 4.74 Å². The van der Waals surface area contributed by atoms with Crippen molar-refractivity contribution in [1.82, 2.24) is 9.55 Å². The number of H-pyrrole nitrogens is 1. The number of ether oxygens (including phenoxy) is 1. The first-order valence-corrected chi connectivity index (χ1v) is 11.1. The van der Waals surface area contributed by atoms with Gasteiger partial charge in [0.15, 0.2) is 0 Å². The van der Waals surface area contributed by atoms with Crippen LogP contribution in [-0.4, -0.2) is 9.55 Å². The van der Waals surface area contributed by atoms with Gasteiger partial charge in [-0.25, -0.2) is 4.79 Å². The van der Waals surface area contributed by atoms with E-state index in [4.69, 9.17) is 4.74 Å². The Labute approximate surface area is 184 Å². The zero-order chi connectivity index (χ0) is 21.6. The van der Waals surface area contributed by atoms with E-state index in [0.29, 0.717) is 23.6 Å². The lowest BCUT2D eigenvalue weighted by Crippen LogP contribution is -2.34. The monoisotopic (exact) mass is 432 g/mol. The number of rotatable bonds is 8. The number of benzene rings is 3. The van der Waals surface area contributed by atoms with Crippen molar-refractivity contribution >= 4 is 22.5 Å². The molecule has 0 saturated heterocycles. The normalized spacial score (nSPS) is 11.1. The first-order chi connectivity index (χ1) is 15.2. The number of fused-ring (bicyclic) bond motifs is 1. The molecule has 0 spiro atoms. The summed E-state index contributed by atoms with van der Waals surface area (Å²) in [4.78, 5) is 28.8. The number of aromatic amines is 1. The van der Waals surface area contributed by atoms with Crippen molar-refractivity contribution in [2.75, 3.05) is 0 Å². The molecule has 0 saturated carbocycles. The van der Waals surface area contributed by atoms with Gasteiger partial charge in [-0.2, -0.15) is 0 Å². The summed E-state index contributed by atoms with van der Waals surface area (Å²) in [6, 6.07) is 24.0. The molecule has 0 bridgehead atoms. The Morgan fingerprint density at radius 1 is 0.935 bits per heavy atom. The van der Waals surface area contributed by atoms with Crippen LogP contribution in [0.15, 0.2) is 92.3 Å². The molecule has 5 nitrogen and oxygen atoms in total. The maximum Gasteiger partial charge on any atom is 0.331 e. The molecule has 1 aromatic heterocycles. The van der Waals surface area contributed by atoms with E-state index in [2.05, 4.69) is 23.2 Å². The molecule has 4 rings (SSSR count). The molecule has 0 aliphatic heterocycles. The van der Waals surface area contributed by atoms with Crippen molar-refractivity contribution in [2.24, 2.45) is 0 Å². The average Bonchev–Trinajstić information content (AvgIpc) is 2.79. The number of hydrogen-bond donors (Lipinski definition) is 1. The Hall–Kier alpha value is -3.09. The molecule has 0 fully saturated rings. The van der Waals surface area contributed by atoms with Crippen LogP contribution in [0.2, 0.25) is 0 Å². The molecular weight excluding hydrogens is 408 g/mol. The molecule has 158 valence electrons. The lowest BCUT2D eigenvalue weighted by molar-refractivity contribution is 0.0550. The SMILES string of the molecule is CCCc1c(Sc2cccc3ccccc23)n(COCc2ccccc2)c(=O)[nH]c1=O. The quantitative estimate of drug-likeness (QED) is 0.400. The Kier molecular flexibility index (Phi) is 6.70. The van der Waals surface area contributed by atoms with Crippen LogP contribution in [0.5, 0.6) is 0 Å². The summed E-state index contributed by atoms with van der Waals surface area (Å²) >= 11 is 1.45. The van der Waals surface area contributed by atoms with Crippen molar-refractivity contribution in [2.45, 2.75) is 43.0 Å². The predicted molar refractivity (Wildman–Crippen MR) is 125 cm³/mol. The second-order valence-electron chi connectivity index (χ2n) is 7.26. The summed E-state index contributed by atoms with van der Waals surface area (Å²) in [7, 11) is 0. The fourth-order valence-corrected chi connectivity index (χ4v) is 4.73. The highest BCUT2D eigenvalue weighted by Gasteiger charge is 2.17. The second-order valence-corrected chi connectivity index (χ2v) is 8.29. The molecule has 0 unspecified atom stereocenters. The summed E-state index contributed by atoms with van der Waals surface area (Å²) in [5.74, 6) is 0. The molecule has 1 N–H and O–H groups in total. The lowest BCUT2D eigenvalue weighted by Gasteiger charge is -2.16. The van der Waals surface area contributed by atoms with Crippen LogP contribution in [0, 0.1) is 0 Å². The van der Waals surface area contributed by atoms with Gasteiger partial charge in [0.1, 0.15) is 6.73 Å². The molecule has 0 atom stereocenters. The summed E-state index contributed by atoms with van der Waals surface area (Å²) in [5, 5.41) is 2.84. The Morgan fingerprint density at radius 3 is 2.48 bits per heavy atom. The van der Waals surface area contributed by atoms with Crippen LogP contribution in [-0.2, 0) is 24.5 Å². The summed E-state index contributed by atoms with van der Waals surface area (Å²) < 4.78 is 7.38. The first-order valence-electron chi connectivity index (χ1n) is 10.3. The van der Waals surface area contributed by atoms with Gasteiger partial charge in [-0.05, 0) is 28.8 Å². The van der Waals surface area contributed by atoms with E-state index in [1.54, 1.807) is 0 Å². The van der Waals surface area contributed by atoms with E-state index in [0.717, 1.165) is 27.7 Å². The second kappa shape index (κ2) is 9.81. The topological polar surface area (TPSA) is 64.1 Å². The van der Waals surface area contributed by atoms with E-state index in [9.17, 15) is 9.59 Å². The Bertz CT molecular complexity index is 1290. The molecule has 1 heterocycles. The molecule has 0 amide bonds. The largest absolute Gasteiger partial charge is 0.356 e. The van der Waals surface area contributed by atoms with Gasteiger partial charge in [-0.1, -0.05) is 91.8 Å². The minimum atomic E-state index is -0.458. The third-order valence-corrected chi connectivity index (χ3v) is 6.27. The van der Waals surface area contributed by atoms with E-state index >= 15 is 0 Å². The number of aromatic nitrogens is 2. The highest BCUT2D eigenvalue weighted by Crippen LogP contribution is 2.34. The van der Waals surface area contributed by atoms with Crippen molar-refractivity contribution in [1.29, 1.82) is 0 Å². The van der Waals surface area contributed by atoms with Crippen molar-refractivity contribution in [3.05, 3.63) is 105 Å². The van der Waals surface area contributed by atoms with Crippen molar-refractivity contribution < 1.29 is 4.74 Å². The molecular formula is C25H24N2O3S. The van der Waals surface area contributed by atoms with E-state index < -0.39 is 5.69 Å². The van der Waals surface area contributed by atoms with Gasteiger partial charge in [0, 0.05) is 10.5 Å². The molecule has 6 heteroatoms. The fraction of sp³-hybridized carbons (Fsp3) is 0.200. The van der Waals surface area contributed by atoms with Gasteiger partial charge in [-0.15, -0.1) is 0 Å². The lowest BCUT2D eigenvalue weighted by atomic mass is 10.1. The third kappa shape index (κ3) is 4.81. The maximum atomic E-state index is 12.7. The summed E-state index contributed by atoms with van der Waals surface area (Å²) in [6.45, 7) is 2.47. The maximum absolute atomic E-state index is 12.7. The zero-order valence-electron chi connectivity index (χ0n) is 17.3. The molecule has 4 aromatic rings. The van der Waals surface area contributed by atoms with Gasteiger partial charge in [0.25, 0.3) is 5.56 Å². The summed E-state index contributed by atoms with van der Waals surface area (Å²) in [6.07, 6.45) is 1.39. The highest BCUT2D eigenvalue weighted by atomic mass is 32.2. The van der Waals surface area contributed by atoms with E-state index in [-0.39, 0.29) is 12.3 Å². The van der Waals surface area contributed by atoms with Crippen LogP contribution in [0.1, 0.15) is 24.5 Å². The van der Waals surface area contributed by atoms with Gasteiger partial charge in [0.2, 0.25) is 0 Å². The molecule has 0 aliphatic carbocycles. The van der Waals surface area contributed by atoms with Crippen LogP contribution in [0.3, 0.4) is 0 Å². The van der Waals surface area contributed by atoms with Gasteiger partial charge >= 0.3 is 5.69 Å². The van der Waals surface area contributed by atoms with Crippen molar-refractivity contribution in [3.8, 4) is 0 Å². The van der Waals surface area contributed by atoms with E-state index in [1.165, 1.54) is 16.3 Å². The standard InChI is InChI=1S/C25H24N2O3S/c1-2-9-21-23(28)26-25(29)27(17-30-16-18-10-4-3-5-11-18)24(21)31-22-15-8-13-19-12-6-7-14-20(19)22/h3-8,10-15H,2,9,16-17H2,1H3,(H,26,28,29). The van der Waals surface area contributed by atoms with Crippen LogP contribution >= 0.6 is 11.8 Å². The van der Waals surface area contributed by atoms with Crippen LogP contribution in [0.25, 0.3) is 10.8 Å². The zero-order valence-corrected chi connectivity index (χ0v) is 18.2. The predicted octanol–water partition coefficient (Wildman–Crippen LogP) is 4.97. The molecule has 0 radical (unpaired) electrons. The van der Waals surface area contributed by atoms with Crippen LogP contribution < -0.4 is 11.2 Å². The Morgan fingerprint density at radius 2 is 1.68 bits per heavy atom. The molecule has 31 heavy (non-hydrogen) atoms. The van der Waals surface area contributed by atoms with Crippen LogP contribution in [0.4, 0.5) is 0 Å². The third-order valence-electron chi connectivity index (χ3n) is 5.03. The highest BCUT2D eigenvalue weighted by molar-refractivity contribution is 7.99. The average molecular weight is 433 g/mol. The minimum Gasteiger partial charge on any atom is -0.356 e. The smallest absolute Gasteiger partial charge is 0.331 e. The molecule has 0 aliphatic rings. The van der Waals surface area contributed by atoms with Gasteiger partial charge in [0.05, 0.1) is 11.6 Å². The first kappa shape index (κ1) is 21.2. The van der Waals surface area contributed by atoms with E-state index in [1.807, 2.05) is 61.5 Å². The number of nitrogens with zero attached hydrogens (tertiary/aromatic N) is 1. The fourth-order valence-electron chi connectivity index (χ4n) is 3.51.